The largest absolute Gasteiger partial charge is 0.300 e. The van der Waals surface area contributed by atoms with Gasteiger partial charge in [-0.05, 0) is 43.9 Å². The molecule has 2 aliphatic carbocycles. The molecule has 4 atom stereocenters. The lowest BCUT2D eigenvalue weighted by atomic mass is 9.93. The van der Waals surface area contributed by atoms with E-state index in [0.717, 1.165) is 23.8 Å². The molecule has 0 N–H and O–H groups in total. The van der Waals surface area contributed by atoms with Gasteiger partial charge in [0.2, 0.25) is 0 Å². The molecule has 3 aliphatic rings. The van der Waals surface area contributed by atoms with Crippen LogP contribution in [0.2, 0.25) is 0 Å². The van der Waals surface area contributed by atoms with Crippen molar-refractivity contribution in [3.05, 3.63) is 12.2 Å². The molecule has 3 rings (SSSR count). The van der Waals surface area contributed by atoms with Crippen molar-refractivity contribution in [3.63, 3.8) is 0 Å². The van der Waals surface area contributed by atoms with Crippen LogP contribution in [-0.4, -0.2) is 48.6 Å². The number of nitrogens with zero attached hydrogens (tertiary/aromatic N) is 2. The van der Waals surface area contributed by atoms with Crippen molar-refractivity contribution in [2.24, 2.45) is 17.8 Å². The molecule has 0 aromatic carbocycles. The second kappa shape index (κ2) is 5.34. The van der Waals surface area contributed by atoms with Gasteiger partial charge in [0.25, 0.3) is 0 Å². The highest BCUT2D eigenvalue weighted by molar-refractivity contribution is 5.10. The van der Waals surface area contributed by atoms with Crippen LogP contribution < -0.4 is 0 Å². The monoisotopic (exact) mass is 248 g/mol. The molecular weight excluding hydrogens is 220 g/mol. The Labute approximate surface area is 112 Å². The van der Waals surface area contributed by atoms with E-state index in [-0.39, 0.29) is 0 Å². The number of hydrogen-bond acceptors (Lipinski definition) is 2. The van der Waals surface area contributed by atoms with Gasteiger partial charge < -0.3 is 4.90 Å². The average Bonchev–Trinajstić information content (AvgIpc) is 3.01. The summed E-state index contributed by atoms with van der Waals surface area (Å²) in [6.45, 7) is 11.2. The molecular formula is C16H28N2. The molecule has 2 heteroatoms. The topological polar surface area (TPSA) is 6.48 Å². The van der Waals surface area contributed by atoms with Gasteiger partial charge in [-0.25, -0.2) is 0 Å². The summed E-state index contributed by atoms with van der Waals surface area (Å²) in [5.74, 6) is 2.82. The molecule has 0 aromatic rings. The van der Waals surface area contributed by atoms with E-state index >= 15 is 0 Å². The Morgan fingerprint density at radius 2 is 1.89 bits per heavy atom. The third-order valence-electron chi connectivity index (χ3n) is 5.53. The Morgan fingerprint density at radius 1 is 1.11 bits per heavy atom. The number of rotatable bonds is 4. The Hall–Kier alpha value is -0.340. The fraction of sp³-hybridized carbons (Fsp3) is 0.875. The standard InChI is InChI=1S/C16H28N2/c1-3-13(2)18-8-6-17(7-9-18)12-16-11-14-4-5-15(16)10-14/h4-5,13-16H,3,6-12H2,1-2H3/t13-,14-,15-,16+/m1/s1. The van der Waals surface area contributed by atoms with Crippen molar-refractivity contribution in [3.8, 4) is 0 Å². The molecule has 2 fully saturated rings. The molecule has 1 saturated carbocycles. The van der Waals surface area contributed by atoms with Crippen molar-refractivity contribution in [2.75, 3.05) is 32.7 Å². The zero-order valence-corrected chi connectivity index (χ0v) is 12.0. The predicted octanol–water partition coefficient (Wildman–Crippen LogP) is 2.61. The fourth-order valence-electron chi connectivity index (χ4n) is 4.08. The zero-order chi connectivity index (χ0) is 12.5. The van der Waals surface area contributed by atoms with Gasteiger partial charge in [0, 0.05) is 38.8 Å². The minimum absolute atomic E-state index is 0.776. The van der Waals surface area contributed by atoms with E-state index < -0.39 is 0 Å². The lowest BCUT2D eigenvalue weighted by Gasteiger charge is -2.39. The van der Waals surface area contributed by atoms with E-state index in [1.807, 2.05) is 0 Å². The summed E-state index contributed by atoms with van der Waals surface area (Å²) in [6, 6.07) is 0.776. The van der Waals surface area contributed by atoms with E-state index in [1.165, 1.54) is 52.0 Å². The Balaban J connectivity index is 1.45. The van der Waals surface area contributed by atoms with Crippen LogP contribution in [0.3, 0.4) is 0 Å². The molecule has 0 radical (unpaired) electrons. The zero-order valence-electron chi connectivity index (χ0n) is 12.0. The third-order valence-corrected chi connectivity index (χ3v) is 5.53. The number of piperazine rings is 1. The molecule has 18 heavy (non-hydrogen) atoms. The van der Waals surface area contributed by atoms with E-state index in [2.05, 4.69) is 35.8 Å². The fourth-order valence-corrected chi connectivity index (χ4v) is 4.08. The predicted molar refractivity (Wildman–Crippen MR) is 76.6 cm³/mol. The summed E-state index contributed by atoms with van der Waals surface area (Å²) >= 11 is 0. The molecule has 0 spiro atoms. The summed E-state index contributed by atoms with van der Waals surface area (Å²) in [5, 5.41) is 0. The van der Waals surface area contributed by atoms with Gasteiger partial charge in [0.1, 0.15) is 0 Å². The smallest absolute Gasteiger partial charge is 0.0113 e. The number of hydrogen-bond donors (Lipinski definition) is 0. The van der Waals surface area contributed by atoms with E-state index in [0.29, 0.717) is 0 Å². The van der Waals surface area contributed by atoms with E-state index in [4.69, 9.17) is 0 Å². The normalized spacial score (nSPS) is 38.4. The summed E-state index contributed by atoms with van der Waals surface area (Å²) in [6.07, 6.45) is 9.16. The maximum atomic E-state index is 2.72. The van der Waals surface area contributed by atoms with Crippen LogP contribution in [0.15, 0.2) is 12.2 Å². The molecule has 0 aromatic heterocycles. The first-order valence-corrected chi connectivity index (χ1v) is 7.91. The molecule has 0 amide bonds. The van der Waals surface area contributed by atoms with Gasteiger partial charge in [-0.3, -0.25) is 4.90 Å². The van der Waals surface area contributed by atoms with E-state index in [9.17, 15) is 0 Å². The Morgan fingerprint density at radius 3 is 2.44 bits per heavy atom. The average molecular weight is 248 g/mol. The molecule has 2 nitrogen and oxygen atoms in total. The van der Waals surface area contributed by atoms with Crippen LogP contribution in [0.5, 0.6) is 0 Å². The van der Waals surface area contributed by atoms with Gasteiger partial charge >= 0.3 is 0 Å². The Bertz CT molecular complexity index is 304. The van der Waals surface area contributed by atoms with Crippen LogP contribution in [0.4, 0.5) is 0 Å². The second-order valence-corrected chi connectivity index (χ2v) is 6.63. The number of allylic oxidation sites excluding steroid dienone is 2. The highest BCUT2D eigenvalue weighted by atomic mass is 15.3. The van der Waals surface area contributed by atoms with Crippen molar-refractivity contribution in [1.82, 2.24) is 9.80 Å². The summed E-state index contributed by atoms with van der Waals surface area (Å²) in [7, 11) is 0. The highest BCUT2D eigenvalue weighted by Crippen LogP contribution is 2.43. The minimum Gasteiger partial charge on any atom is -0.300 e. The lowest BCUT2D eigenvalue weighted by molar-refractivity contribution is 0.0868. The van der Waals surface area contributed by atoms with Crippen molar-refractivity contribution in [1.29, 1.82) is 0 Å². The quantitative estimate of drug-likeness (QED) is 0.706. The van der Waals surface area contributed by atoms with Crippen LogP contribution in [0, 0.1) is 17.8 Å². The molecule has 1 aliphatic heterocycles. The van der Waals surface area contributed by atoms with E-state index in [1.54, 1.807) is 0 Å². The SMILES string of the molecule is CC[C@@H](C)N1CCN(C[C@@H]2C[C@@H]3C=C[C@@H]2C3)CC1. The first-order valence-electron chi connectivity index (χ1n) is 7.91. The number of fused-ring (bicyclic) bond motifs is 2. The highest BCUT2D eigenvalue weighted by Gasteiger charge is 2.36. The van der Waals surface area contributed by atoms with Crippen molar-refractivity contribution < 1.29 is 0 Å². The van der Waals surface area contributed by atoms with Gasteiger partial charge in [0.05, 0.1) is 0 Å². The maximum Gasteiger partial charge on any atom is 0.0113 e. The third kappa shape index (κ3) is 2.50. The van der Waals surface area contributed by atoms with Gasteiger partial charge in [-0.15, -0.1) is 0 Å². The van der Waals surface area contributed by atoms with Crippen LogP contribution >= 0.6 is 0 Å². The van der Waals surface area contributed by atoms with Gasteiger partial charge in [-0.2, -0.15) is 0 Å². The molecule has 1 saturated heterocycles. The van der Waals surface area contributed by atoms with Gasteiger partial charge in [-0.1, -0.05) is 19.1 Å². The summed E-state index contributed by atoms with van der Waals surface area (Å²) in [4.78, 5) is 5.38. The first kappa shape index (κ1) is 12.7. The molecule has 0 unspecified atom stereocenters. The van der Waals surface area contributed by atoms with Crippen molar-refractivity contribution in [2.45, 2.75) is 39.2 Å². The Kier molecular flexibility index (Phi) is 3.76. The molecule has 2 bridgehead atoms. The van der Waals surface area contributed by atoms with Crippen LogP contribution in [0.25, 0.3) is 0 Å². The van der Waals surface area contributed by atoms with Gasteiger partial charge in [0.15, 0.2) is 0 Å². The summed E-state index contributed by atoms with van der Waals surface area (Å²) < 4.78 is 0. The minimum atomic E-state index is 0.776. The first-order chi connectivity index (χ1) is 8.76. The molecule has 102 valence electrons. The second-order valence-electron chi connectivity index (χ2n) is 6.63. The summed E-state index contributed by atoms with van der Waals surface area (Å²) in [5.41, 5.74) is 0. The van der Waals surface area contributed by atoms with Crippen LogP contribution in [0.1, 0.15) is 33.1 Å². The maximum absolute atomic E-state index is 2.72. The van der Waals surface area contributed by atoms with Crippen molar-refractivity contribution >= 4 is 0 Å². The van der Waals surface area contributed by atoms with Crippen LogP contribution in [-0.2, 0) is 0 Å². The molecule has 1 heterocycles. The lowest BCUT2D eigenvalue weighted by Crippen LogP contribution is -2.50.